The molecule has 1 saturated heterocycles. The van der Waals surface area contributed by atoms with Gasteiger partial charge >= 0.3 is 5.97 Å². The minimum atomic E-state index is -0.505. The highest BCUT2D eigenvalue weighted by Crippen LogP contribution is 2.48. The molecule has 8 heteroatoms. The molecule has 0 spiro atoms. The molecule has 4 rings (SSSR count). The van der Waals surface area contributed by atoms with E-state index < -0.39 is 5.92 Å². The number of esters is 1. The molecule has 200 valence electrons. The Balaban J connectivity index is 1.72. The number of likely N-dealkylation sites (N-methyl/N-ethyl adjacent to an activating group) is 1. The molecule has 0 saturated carbocycles. The molecule has 3 atom stereocenters. The minimum Gasteiger partial charge on any atom is -0.497 e. The summed E-state index contributed by atoms with van der Waals surface area (Å²) in [6.07, 6.45) is 0. The van der Waals surface area contributed by atoms with Crippen molar-refractivity contribution in [2.45, 2.75) is 39.7 Å². The number of fused-ring (bicyclic) bond motifs is 1. The summed E-state index contributed by atoms with van der Waals surface area (Å²) in [5.41, 5.74) is 1.87. The number of hydrogen-bond donors (Lipinski definition) is 0. The summed E-state index contributed by atoms with van der Waals surface area (Å²) >= 11 is 0. The van der Waals surface area contributed by atoms with Crippen LogP contribution in [0.25, 0.3) is 0 Å². The summed E-state index contributed by atoms with van der Waals surface area (Å²) < 4.78 is 22.1. The largest absolute Gasteiger partial charge is 0.497 e. The van der Waals surface area contributed by atoms with Gasteiger partial charge in [0.1, 0.15) is 5.75 Å². The van der Waals surface area contributed by atoms with Crippen molar-refractivity contribution < 1.29 is 28.5 Å². The van der Waals surface area contributed by atoms with Crippen molar-refractivity contribution in [1.29, 1.82) is 0 Å². The molecule has 0 unspecified atom stereocenters. The van der Waals surface area contributed by atoms with Crippen molar-refractivity contribution in [3.63, 3.8) is 0 Å². The van der Waals surface area contributed by atoms with E-state index >= 15 is 0 Å². The monoisotopic (exact) mass is 510 g/mol. The number of benzene rings is 2. The van der Waals surface area contributed by atoms with E-state index in [1.807, 2.05) is 56.4 Å². The van der Waals surface area contributed by atoms with Gasteiger partial charge in [-0.2, -0.15) is 0 Å². The van der Waals surface area contributed by atoms with E-state index in [-0.39, 0.29) is 49.2 Å². The fraction of sp³-hybridized carbons (Fsp3) is 0.517. The Kier molecular flexibility index (Phi) is 7.97. The molecule has 1 fully saturated rings. The van der Waals surface area contributed by atoms with Crippen LogP contribution in [0.5, 0.6) is 17.2 Å². The zero-order chi connectivity index (χ0) is 26.7. The van der Waals surface area contributed by atoms with E-state index in [2.05, 4.69) is 25.7 Å². The molecule has 0 radical (unpaired) electrons. The second-order valence-electron chi connectivity index (χ2n) is 11.0. The molecular weight excluding hydrogens is 472 g/mol. The van der Waals surface area contributed by atoms with E-state index in [0.717, 1.165) is 16.9 Å². The summed E-state index contributed by atoms with van der Waals surface area (Å²) in [5, 5.41) is 0. The number of methoxy groups -OCH3 is 1. The Hall–Kier alpha value is -3.26. The normalized spacial score (nSPS) is 21.1. The van der Waals surface area contributed by atoms with Gasteiger partial charge in [0.05, 0.1) is 26.2 Å². The van der Waals surface area contributed by atoms with Crippen LogP contribution >= 0.6 is 0 Å². The van der Waals surface area contributed by atoms with Gasteiger partial charge in [-0.3, -0.25) is 14.5 Å². The molecule has 37 heavy (non-hydrogen) atoms. The fourth-order valence-corrected chi connectivity index (χ4v) is 5.39. The van der Waals surface area contributed by atoms with Gasteiger partial charge in [-0.1, -0.05) is 39.0 Å². The van der Waals surface area contributed by atoms with E-state index in [0.29, 0.717) is 24.6 Å². The van der Waals surface area contributed by atoms with Crippen molar-refractivity contribution in [1.82, 2.24) is 9.80 Å². The van der Waals surface area contributed by atoms with Crippen molar-refractivity contribution in [3.8, 4) is 17.2 Å². The molecule has 1 amide bonds. The summed E-state index contributed by atoms with van der Waals surface area (Å²) in [5.74, 6) is 1.13. The highest BCUT2D eigenvalue weighted by Gasteiger charge is 2.49. The third-order valence-electron chi connectivity index (χ3n) is 6.91. The molecule has 0 N–H and O–H groups in total. The standard InChI is InChI=1S/C29H38N2O6/c1-7-35-28(33)26-22(20-10-13-23-24(14-20)37-18-36-23)15-31(16-25(32)30(5)17-29(2,3)4)27(26)19-8-11-21(34-6)12-9-19/h8-14,22,26-27H,7,15-18H2,1-6H3/t22-,26-,27+/m1/s1. The maximum absolute atomic E-state index is 13.5. The number of ether oxygens (including phenoxy) is 4. The molecule has 0 bridgehead atoms. The second-order valence-corrected chi connectivity index (χ2v) is 11.0. The summed E-state index contributed by atoms with van der Waals surface area (Å²) in [4.78, 5) is 30.7. The number of hydrogen-bond acceptors (Lipinski definition) is 7. The number of carbonyl (C=O) groups is 2. The minimum absolute atomic E-state index is 0.0161. The van der Waals surface area contributed by atoms with E-state index in [9.17, 15) is 9.59 Å². The summed E-state index contributed by atoms with van der Waals surface area (Å²) in [6, 6.07) is 13.2. The fourth-order valence-electron chi connectivity index (χ4n) is 5.39. The topological polar surface area (TPSA) is 77.5 Å². The molecule has 2 aromatic carbocycles. The van der Waals surface area contributed by atoms with Crippen molar-refractivity contribution in [2.24, 2.45) is 11.3 Å². The Morgan fingerprint density at radius 2 is 1.73 bits per heavy atom. The number of likely N-dealkylation sites (tertiary alicyclic amines) is 1. The van der Waals surface area contributed by atoms with Crippen LogP contribution in [0.4, 0.5) is 0 Å². The van der Waals surface area contributed by atoms with E-state index in [4.69, 9.17) is 18.9 Å². The molecule has 8 nitrogen and oxygen atoms in total. The van der Waals surface area contributed by atoms with Gasteiger partial charge in [-0.15, -0.1) is 0 Å². The Morgan fingerprint density at radius 3 is 2.38 bits per heavy atom. The van der Waals surface area contributed by atoms with Gasteiger partial charge in [0.2, 0.25) is 12.7 Å². The van der Waals surface area contributed by atoms with Crippen molar-refractivity contribution >= 4 is 11.9 Å². The molecule has 0 aromatic heterocycles. The summed E-state index contributed by atoms with van der Waals surface area (Å²) in [6.45, 7) is 9.96. The van der Waals surface area contributed by atoms with Gasteiger partial charge in [0, 0.05) is 32.1 Å². The third kappa shape index (κ3) is 6.01. The summed E-state index contributed by atoms with van der Waals surface area (Å²) in [7, 11) is 3.46. The predicted octanol–water partition coefficient (Wildman–Crippen LogP) is 4.25. The van der Waals surface area contributed by atoms with Gasteiger partial charge in [0.25, 0.3) is 0 Å². The van der Waals surface area contributed by atoms with E-state index in [1.165, 1.54) is 0 Å². The number of amides is 1. The Morgan fingerprint density at radius 1 is 1.05 bits per heavy atom. The van der Waals surface area contributed by atoms with Crippen LogP contribution in [0, 0.1) is 11.3 Å². The van der Waals surface area contributed by atoms with Crippen LogP contribution in [0.3, 0.4) is 0 Å². The van der Waals surface area contributed by atoms with Gasteiger partial charge in [-0.25, -0.2) is 0 Å². The van der Waals surface area contributed by atoms with Crippen LogP contribution in [0.2, 0.25) is 0 Å². The second kappa shape index (κ2) is 11.0. The van der Waals surface area contributed by atoms with Crippen molar-refractivity contribution in [2.75, 3.05) is 47.2 Å². The maximum Gasteiger partial charge on any atom is 0.311 e. The molecule has 2 aromatic rings. The molecular formula is C29H38N2O6. The van der Waals surface area contributed by atoms with Crippen molar-refractivity contribution in [3.05, 3.63) is 53.6 Å². The molecule has 2 heterocycles. The quantitative estimate of drug-likeness (QED) is 0.492. The highest BCUT2D eigenvalue weighted by atomic mass is 16.7. The van der Waals surface area contributed by atoms with Crippen LogP contribution in [-0.4, -0.2) is 68.9 Å². The predicted molar refractivity (Wildman–Crippen MR) is 140 cm³/mol. The van der Waals surface area contributed by atoms with Gasteiger partial charge in [-0.05, 0) is 47.7 Å². The van der Waals surface area contributed by atoms with Crippen LogP contribution in [0.1, 0.15) is 50.8 Å². The van der Waals surface area contributed by atoms with Gasteiger partial charge < -0.3 is 23.8 Å². The first-order valence-electron chi connectivity index (χ1n) is 12.8. The third-order valence-corrected chi connectivity index (χ3v) is 6.91. The average molecular weight is 511 g/mol. The number of nitrogens with zero attached hydrogens (tertiary/aromatic N) is 2. The lowest BCUT2D eigenvalue weighted by Crippen LogP contribution is -2.42. The van der Waals surface area contributed by atoms with E-state index in [1.54, 1.807) is 12.0 Å². The highest BCUT2D eigenvalue weighted by molar-refractivity contribution is 5.79. The van der Waals surface area contributed by atoms with Gasteiger partial charge in [0.15, 0.2) is 11.5 Å². The van der Waals surface area contributed by atoms with Crippen LogP contribution in [-0.2, 0) is 14.3 Å². The molecule has 0 aliphatic carbocycles. The Bertz CT molecular complexity index is 1110. The molecule has 2 aliphatic rings. The average Bonchev–Trinajstić information content (AvgIpc) is 3.47. The van der Waals surface area contributed by atoms with Crippen LogP contribution in [0.15, 0.2) is 42.5 Å². The first-order valence-corrected chi connectivity index (χ1v) is 12.8. The Labute approximate surface area is 219 Å². The number of carbonyl (C=O) groups excluding carboxylic acids is 2. The SMILES string of the molecule is CCOC(=O)[C@@H]1[C@@H](c2ccc3c(c2)OCO3)CN(CC(=O)N(C)CC(C)(C)C)[C@H]1c1ccc(OC)cc1. The first-order chi connectivity index (χ1) is 17.6. The van der Waals surface area contributed by atoms with Crippen LogP contribution < -0.4 is 14.2 Å². The maximum atomic E-state index is 13.5. The zero-order valence-electron chi connectivity index (χ0n) is 22.7. The number of rotatable bonds is 8. The first kappa shape index (κ1) is 26.8. The molecule has 2 aliphatic heterocycles. The lowest BCUT2D eigenvalue weighted by atomic mass is 9.82. The lowest BCUT2D eigenvalue weighted by molar-refractivity contribution is -0.150. The lowest BCUT2D eigenvalue weighted by Gasteiger charge is -2.31. The zero-order valence-corrected chi connectivity index (χ0v) is 22.7. The smallest absolute Gasteiger partial charge is 0.311 e.